The molecule has 1 aliphatic heterocycles. The van der Waals surface area contributed by atoms with Crippen LogP contribution >= 0.6 is 23.6 Å². The van der Waals surface area contributed by atoms with Crippen LogP contribution in [0.1, 0.15) is 40.7 Å². The van der Waals surface area contributed by atoms with Crippen LogP contribution < -0.4 is 5.56 Å². The zero-order chi connectivity index (χ0) is 22.9. The summed E-state index contributed by atoms with van der Waals surface area (Å²) in [5.74, 6) is -0.0535. The SMILES string of the molecule is COCCCn1c(=S)[nH]c2cc(C(=O)N3CCCC3c3nc4ccccc4s3)ccc2c1=O. The fraction of sp³-hybridized carbons (Fsp3) is 0.333. The van der Waals surface area contributed by atoms with E-state index < -0.39 is 0 Å². The Bertz CT molecular complexity index is 1420. The first-order valence-corrected chi connectivity index (χ1v) is 12.2. The number of nitrogens with one attached hydrogen (secondary N) is 1. The Hall–Kier alpha value is -2.88. The predicted octanol–water partition coefficient (Wildman–Crippen LogP) is 4.68. The van der Waals surface area contributed by atoms with Gasteiger partial charge in [-0.05, 0) is 61.8 Å². The molecule has 1 unspecified atom stereocenters. The summed E-state index contributed by atoms with van der Waals surface area (Å²) in [5, 5.41) is 1.49. The third-order valence-corrected chi connectivity index (χ3v) is 7.53. The van der Waals surface area contributed by atoms with Gasteiger partial charge < -0.3 is 14.6 Å². The Morgan fingerprint density at radius 1 is 1.30 bits per heavy atom. The number of rotatable bonds is 6. The van der Waals surface area contributed by atoms with Crippen LogP contribution in [-0.2, 0) is 11.3 Å². The van der Waals surface area contributed by atoms with Crippen molar-refractivity contribution in [2.24, 2.45) is 0 Å². The molecule has 4 aromatic rings. The zero-order valence-electron chi connectivity index (χ0n) is 18.2. The topological polar surface area (TPSA) is 80.2 Å². The molecule has 0 saturated carbocycles. The standard InChI is InChI=1S/C24H24N4O3S2/c1-31-13-5-12-28-23(30)16-10-9-15(14-18(16)26-24(28)32)22(29)27-11-4-7-19(27)21-25-17-6-2-3-8-20(17)33-21/h2-3,6,8-10,14,19H,4-5,7,11-13H2,1H3,(H,26,32). The Labute approximate surface area is 199 Å². The van der Waals surface area contributed by atoms with Crippen molar-refractivity contribution in [2.75, 3.05) is 20.3 Å². The van der Waals surface area contributed by atoms with Gasteiger partial charge in [-0.2, -0.15) is 0 Å². The highest BCUT2D eigenvalue weighted by molar-refractivity contribution is 7.71. The minimum absolute atomic E-state index is 0.0297. The Morgan fingerprint density at radius 2 is 2.15 bits per heavy atom. The van der Waals surface area contributed by atoms with Crippen molar-refractivity contribution in [3.63, 3.8) is 0 Å². The van der Waals surface area contributed by atoms with Crippen molar-refractivity contribution in [2.45, 2.75) is 31.8 Å². The molecule has 9 heteroatoms. The zero-order valence-corrected chi connectivity index (χ0v) is 19.9. The molecule has 3 heterocycles. The lowest BCUT2D eigenvalue weighted by Crippen LogP contribution is -2.30. The van der Waals surface area contributed by atoms with E-state index >= 15 is 0 Å². The highest BCUT2D eigenvalue weighted by Crippen LogP contribution is 2.37. The fourth-order valence-electron chi connectivity index (χ4n) is 4.42. The summed E-state index contributed by atoms with van der Waals surface area (Å²) < 4.78 is 8.10. The van der Waals surface area contributed by atoms with Gasteiger partial charge in [0.15, 0.2) is 4.77 Å². The number of aromatic nitrogens is 3. The van der Waals surface area contributed by atoms with E-state index in [1.165, 1.54) is 0 Å². The Balaban J connectivity index is 1.45. The molecule has 1 amide bonds. The number of methoxy groups -OCH3 is 1. The first-order valence-electron chi connectivity index (χ1n) is 11.0. The summed E-state index contributed by atoms with van der Waals surface area (Å²) >= 11 is 7.06. The van der Waals surface area contributed by atoms with E-state index in [2.05, 4.69) is 11.1 Å². The average molecular weight is 481 g/mol. The number of hydrogen-bond donors (Lipinski definition) is 1. The van der Waals surface area contributed by atoms with Gasteiger partial charge in [0, 0.05) is 32.4 Å². The fourth-order valence-corrected chi connectivity index (χ4v) is 5.82. The quantitative estimate of drug-likeness (QED) is 0.320. The van der Waals surface area contributed by atoms with Crippen molar-refractivity contribution >= 4 is 50.6 Å². The van der Waals surface area contributed by atoms with Gasteiger partial charge in [0.05, 0.1) is 27.2 Å². The number of fused-ring (bicyclic) bond motifs is 2. The smallest absolute Gasteiger partial charge is 0.262 e. The lowest BCUT2D eigenvalue weighted by Gasteiger charge is -2.23. The number of carbonyl (C=O) groups excluding carboxylic acids is 1. The van der Waals surface area contributed by atoms with E-state index in [-0.39, 0.29) is 17.5 Å². The molecule has 2 aromatic carbocycles. The molecule has 1 N–H and O–H groups in total. The number of para-hydroxylation sites is 1. The summed E-state index contributed by atoms with van der Waals surface area (Å²) in [4.78, 5) is 36.2. The molecule has 33 heavy (non-hydrogen) atoms. The van der Waals surface area contributed by atoms with Crippen molar-refractivity contribution in [1.29, 1.82) is 0 Å². The number of aromatic amines is 1. The third-order valence-electron chi connectivity index (χ3n) is 6.07. The molecule has 0 aliphatic carbocycles. The van der Waals surface area contributed by atoms with E-state index in [4.69, 9.17) is 21.9 Å². The number of benzene rings is 2. The van der Waals surface area contributed by atoms with Crippen LogP contribution in [0.25, 0.3) is 21.1 Å². The predicted molar refractivity (Wildman–Crippen MR) is 133 cm³/mol. The third kappa shape index (κ3) is 4.12. The Kier molecular flexibility index (Phi) is 6.09. The summed E-state index contributed by atoms with van der Waals surface area (Å²) in [6.45, 7) is 1.73. The van der Waals surface area contributed by atoms with Crippen molar-refractivity contribution in [1.82, 2.24) is 19.4 Å². The van der Waals surface area contributed by atoms with Gasteiger partial charge in [-0.25, -0.2) is 4.98 Å². The second-order valence-corrected chi connectivity index (χ2v) is 9.62. The normalized spacial score (nSPS) is 16.2. The van der Waals surface area contributed by atoms with Crippen molar-refractivity contribution in [3.05, 3.63) is 68.2 Å². The van der Waals surface area contributed by atoms with Gasteiger partial charge in [-0.3, -0.25) is 14.2 Å². The molecule has 2 aromatic heterocycles. The summed E-state index contributed by atoms with van der Waals surface area (Å²) in [5.41, 5.74) is 1.93. The van der Waals surface area contributed by atoms with Crippen LogP contribution in [0.15, 0.2) is 47.3 Å². The van der Waals surface area contributed by atoms with Gasteiger partial charge in [-0.1, -0.05) is 12.1 Å². The van der Waals surface area contributed by atoms with Gasteiger partial charge in [0.25, 0.3) is 11.5 Å². The van der Waals surface area contributed by atoms with Crippen LogP contribution in [0, 0.1) is 4.77 Å². The lowest BCUT2D eigenvalue weighted by atomic mass is 10.1. The molecular formula is C24H24N4O3S2. The second-order valence-electron chi connectivity index (χ2n) is 8.17. The first-order chi connectivity index (χ1) is 16.1. The van der Waals surface area contributed by atoms with E-state index in [1.807, 2.05) is 23.1 Å². The molecule has 0 radical (unpaired) electrons. The molecule has 7 nitrogen and oxygen atoms in total. The molecule has 1 aliphatic rings. The highest BCUT2D eigenvalue weighted by atomic mass is 32.1. The maximum Gasteiger partial charge on any atom is 0.262 e. The lowest BCUT2D eigenvalue weighted by molar-refractivity contribution is 0.0735. The molecule has 170 valence electrons. The maximum atomic E-state index is 13.5. The van der Waals surface area contributed by atoms with Gasteiger partial charge >= 0.3 is 0 Å². The molecule has 1 fully saturated rings. The number of hydrogen-bond acceptors (Lipinski definition) is 6. The van der Waals surface area contributed by atoms with Crippen LogP contribution in [0.3, 0.4) is 0 Å². The molecule has 0 spiro atoms. The van der Waals surface area contributed by atoms with Crippen molar-refractivity contribution < 1.29 is 9.53 Å². The van der Waals surface area contributed by atoms with Crippen LogP contribution in [0.4, 0.5) is 0 Å². The van der Waals surface area contributed by atoms with Gasteiger partial charge in [0.2, 0.25) is 0 Å². The number of carbonyl (C=O) groups is 1. The minimum atomic E-state index is -0.155. The van der Waals surface area contributed by atoms with Crippen molar-refractivity contribution in [3.8, 4) is 0 Å². The molecule has 5 rings (SSSR count). The van der Waals surface area contributed by atoms with Gasteiger partial charge in [0.1, 0.15) is 5.01 Å². The first kappa shape index (κ1) is 21.9. The Morgan fingerprint density at radius 3 is 2.97 bits per heavy atom. The number of H-pyrrole nitrogens is 1. The number of likely N-dealkylation sites (tertiary alicyclic amines) is 1. The molecule has 1 saturated heterocycles. The van der Waals surface area contributed by atoms with E-state index in [0.717, 1.165) is 28.1 Å². The van der Waals surface area contributed by atoms with E-state index in [1.54, 1.807) is 41.2 Å². The number of ether oxygens (including phenoxy) is 1. The number of amides is 1. The summed E-state index contributed by atoms with van der Waals surface area (Å²) in [6, 6.07) is 13.2. The monoisotopic (exact) mass is 480 g/mol. The number of nitrogens with zero attached hydrogens (tertiary/aromatic N) is 3. The summed E-state index contributed by atoms with van der Waals surface area (Å²) in [6.07, 6.45) is 2.53. The van der Waals surface area contributed by atoms with E-state index in [9.17, 15) is 9.59 Å². The maximum absolute atomic E-state index is 13.5. The van der Waals surface area contributed by atoms with Crippen LogP contribution in [-0.4, -0.2) is 45.6 Å². The number of thiazole rings is 1. The second kappa shape index (κ2) is 9.17. The summed E-state index contributed by atoms with van der Waals surface area (Å²) in [7, 11) is 1.63. The molecular weight excluding hydrogens is 456 g/mol. The van der Waals surface area contributed by atoms with Crippen LogP contribution in [0.2, 0.25) is 0 Å². The average Bonchev–Trinajstić information content (AvgIpc) is 3.47. The molecule has 1 atom stereocenters. The van der Waals surface area contributed by atoms with Crippen LogP contribution in [0.5, 0.6) is 0 Å². The molecule has 0 bridgehead atoms. The van der Waals surface area contributed by atoms with E-state index in [0.29, 0.717) is 47.4 Å². The van der Waals surface area contributed by atoms with Gasteiger partial charge in [-0.15, -0.1) is 11.3 Å². The largest absolute Gasteiger partial charge is 0.385 e. The highest BCUT2D eigenvalue weighted by Gasteiger charge is 2.33. The minimum Gasteiger partial charge on any atom is -0.385 e.